The number of hydrogen-bond donors (Lipinski definition) is 1. The maximum Gasteiger partial charge on any atom is 0.138 e. The van der Waals surface area contributed by atoms with Crippen LogP contribution in [0.3, 0.4) is 0 Å². The first kappa shape index (κ1) is 8.84. The van der Waals surface area contributed by atoms with Crippen molar-refractivity contribution in [2.45, 2.75) is 12.8 Å². The minimum Gasteiger partial charge on any atom is -0.316 e. The summed E-state index contributed by atoms with van der Waals surface area (Å²) in [5.74, 6) is 0.530. The second-order valence-electron chi connectivity index (χ2n) is 3.30. The molecule has 3 nitrogen and oxygen atoms in total. The molecule has 0 amide bonds. The summed E-state index contributed by atoms with van der Waals surface area (Å²) in [6.07, 6.45) is 1.48. The van der Waals surface area contributed by atoms with Gasteiger partial charge in [0.15, 0.2) is 0 Å². The van der Waals surface area contributed by atoms with Crippen LogP contribution in [0.25, 0.3) is 0 Å². The van der Waals surface area contributed by atoms with Crippen LogP contribution < -0.4 is 5.32 Å². The summed E-state index contributed by atoms with van der Waals surface area (Å²) < 4.78 is 0. The van der Waals surface area contributed by atoms with E-state index in [1.54, 1.807) is 11.3 Å². The van der Waals surface area contributed by atoms with Crippen molar-refractivity contribution >= 4 is 17.1 Å². The lowest BCUT2D eigenvalue weighted by atomic mass is 9.94. The largest absolute Gasteiger partial charge is 0.316 e. The van der Waals surface area contributed by atoms with E-state index in [9.17, 15) is 4.79 Å². The normalized spacial score (nSPS) is 23.4. The van der Waals surface area contributed by atoms with Crippen LogP contribution in [0.5, 0.6) is 0 Å². The molecule has 1 atom stereocenters. The summed E-state index contributed by atoms with van der Waals surface area (Å²) in [5, 5.41) is 5.25. The van der Waals surface area contributed by atoms with Crippen LogP contribution in [0.2, 0.25) is 0 Å². The molecular weight excluding hydrogens is 184 g/mol. The van der Waals surface area contributed by atoms with Gasteiger partial charge in [-0.15, -0.1) is 11.3 Å². The standard InChI is InChI=1S/C9H12N2OS/c12-9-1-2-10-4-7(9)3-8-5-13-6-11-8/h5-7,10H,1-4H2. The van der Waals surface area contributed by atoms with Crippen molar-refractivity contribution in [2.24, 2.45) is 5.92 Å². The highest BCUT2D eigenvalue weighted by Gasteiger charge is 2.22. The molecule has 70 valence electrons. The van der Waals surface area contributed by atoms with Gasteiger partial charge in [0.05, 0.1) is 11.2 Å². The molecule has 13 heavy (non-hydrogen) atoms. The Labute approximate surface area is 81.2 Å². The van der Waals surface area contributed by atoms with E-state index in [2.05, 4.69) is 10.3 Å². The second-order valence-corrected chi connectivity index (χ2v) is 4.02. The molecule has 0 saturated carbocycles. The SMILES string of the molecule is O=C1CCNCC1Cc1cscn1. The molecule has 1 N–H and O–H groups in total. The highest BCUT2D eigenvalue weighted by Crippen LogP contribution is 2.13. The smallest absolute Gasteiger partial charge is 0.138 e. The van der Waals surface area contributed by atoms with Gasteiger partial charge in [-0.3, -0.25) is 4.79 Å². The summed E-state index contributed by atoms with van der Waals surface area (Å²) in [6.45, 7) is 1.66. The lowest BCUT2D eigenvalue weighted by molar-refractivity contribution is -0.123. The average Bonchev–Trinajstić information content (AvgIpc) is 2.61. The number of carbonyl (C=O) groups excluding carboxylic acids is 1. The molecule has 1 aromatic rings. The van der Waals surface area contributed by atoms with E-state index in [0.717, 1.165) is 25.2 Å². The molecule has 4 heteroatoms. The van der Waals surface area contributed by atoms with Crippen molar-refractivity contribution in [3.63, 3.8) is 0 Å². The number of carbonyl (C=O) groups is 1. The zero-order valence-electron chi connectivity index (χ0n) is 7.32. The van der Waals surface area contributed by atoms with Gasteiger partial charge in [0.25, 0.3) is 0 Å². The molecule has 0 aromatic carbocycles. The van der Waals surface area contributed by atoms with E-state index in [1.807, 2.05) is 10.9 Å². The van der Waals surface area contributed by atoms with Gasteiger partial charge in [-0.25, -0.2) is 4.98 Å². The number of piperidine rings is 1. The molecule has 1 aromatic heterocycles. The summed E-state index contributed by atoms with van der Waals surface area (Å²) >= 11 is 1.59. The van der Waals surface area contributed by atoms with Crippen LogP contribution in [-0.4, -0.2) is 23.9 Å². The molecule has 1 unspecified atom stereocenters. The zero-order chi connectivity index (χ0) is 9.10. The number of aromatic nitrogens is 1. The first-order valence-electron chi connectivity index (χ1n) is 4.47. The van der Waals surface area contributed by atoms with Crippen molar-refractivity contribution in [1.82, 2.24) is 10.3 Å². The van der Waals surface area contributed by atoms with E-state index in [-0.39, 0.29) is 5.92 Å². The Morgan fingerprint density at radius 2 is 2.62 bits per heavy atom. The van der Waals surface area contributed by atoms with Gasteiger partial charge >= 0.3 is 0 Å². The van der Waals surface area contributed by atoms with E-state index >= 15 is 0 Å². The summed E-state index contributed by atoms with van der Waals surface area (Å²) in [4.78, 5) is 15.6. The Kier molecular flexibility index (Phi) is 2.71. The molecule has 2 rings (SSSR count). The summed E-state index contributed by atoms with van der Waals surface area (Å²) in [7, 11) is 0. The van der Waals surface area contributed by atoms with E-state index in [1.165, 1.54) is 0 Å². The summed E-state index contributed by atoms with van der Waals surface area (Å²) in [6, 6.07) is 0. The van der Waals surface area contributed by atoms with Crippen LogP contribution in [0.4, 0.5) is 0 Å². The van der Waals surface area contributed by atoms with Gasteiger partial charge in [-0.1, -0.05) is 0 Å². The van der Waals surface area contributed by atoms with Gasteiger partial charge in [0.1, 0.15) is 5.78 Å². The van der Waals surface area contributed by atoms with Crippen molar-refractivity contribution < 1.29 is 4.79 Å². The number of ketones is 1. The number of hydrogen-bond acceptors (Lipinski definition) is 4. The third-order valence-electron chi connectivity index (χ3n) is 2.33. The third kappa shape index (κ3) is 2.14. The molecule has 1 fully saturated rings. The fraction of sp³-hybridized carbons (Fsp3) is 0.556. The number of Topliss-reactive ketones (excluding diaryl/α,β-unsaturated/α-hetero) is 1. The van der Waals surface area contributed by atoms with Crippen LogP contribution in [0, 0.1) is 5.92 Å². The number of rotatable bonds is 2. The van der Waals surface area contributed by atoms with Gasteiger partial charge in [-0.05, 0) is 0 Å². The highest BCUT2D eigenvalue weighted by atomic mass is 32.1. The fourth-order valence-corrected chi connectivity index (χ4v) is 2.15. The van der Waals surface area contributed by atoms with Crippen LogP contribution in [-0.2, 0) is 11.2 Å². The minimum atomic E-state index is 0.149. The molecule has 1 aliphatic rings. The topological polar surface area (TPSA) is 42.0 Å². The highest BCUT2D eigenvalue weighted by molar-refractivity contribution is 7.07. The molecule has 0 spiro atoms. The maximum absolute atomic E-state index is 11.5. The van der Waals surface area contributed by atoms with E-state index < -0.39 is 0 Å². The summed E-state index contributed by atoms with van der Waals surface area (Å²) in [5.41, 5.74) is 2.86. The van der Waals surface area contributed by atoms with E-state index in [0.29, 0.717) is 12.2 Å². The molecule has 0 aliphatic carbocycles. The van der Waals surface area contributed by atoms with Crippen molar-refractivity contribution in [2.75, 3.05) is 13.1 Å². The Balaban J connectivity index is 1.97. The second kappa shape index (κ2) is 3.98. The molecule has 0 bridgehead atoms. The fourth-order valence-electron chi connectivity index (χ4n) is 1.58. The molecule has 1 saturated heterocycles. The number of nitrogens with zero attached hydrogens (tertiary/aromatic N) is 1. The van der Waals surface area contributed by atoms with Crippen LogP contribution in [0.15, 0.2) is 10.9 Å². The van der Waals surface area contributed by atoms with E-state index in [4.69, 9.17) is 0 Å². The average molecular weight is 196 g/mol. The Morgan fingerprint density at radius 1 is 1.69 bits per heavy atom. The molecule has 0 radical (unpaired) electrons. The Hall–Kier alpha value is -0.740. The monoisotopic (exact) mass is 196 g/mol. The predicted octanol–water partition coefficient (Wildman–Crippen LogP) is 0.864. The third-order valence-corrected chi connectivity index (χ3v) is 2.97. The van der Waals surface area contributed by atoms with Gasteiger partial charge in [0.2, 0.25) is 0 Å². The number of thiazole rings is 1. The first-order chi connectivity index (χ1) is 6.36. The first-order valence-corrected chi connectivity index (χ1v) is 5.41. The minimum absolute atomic E-state index is 0.149. The zero-order valence-corrected chi connectivity index (χ0v) is 8.14. The molecular formula is C9H12N2OS. The maximum atomic E-state index is 11.5. The van der Waals surface area contributed by atoms with Crippen molar-refractivity contribution in [1.29, 1.82) is 0 Å². The lowest BCUT2D eigenvalue weighted by Crippen LogP contribution is -2.37. The lowest BCUT2D eigenvalue weighted by Gasteiger charge is -2.20. The molecule has 1 aliphatic heterocycles. The van der Waals surface area contributed by atoms with Crippen LogP contribution in [0.1, 0.15) is 12.1 Å². The van der Waals surface area contributed by atoms with Crippen LogP contribution >= 0.6 is 11.3 Å². The predicted molar refractivity (Wildman–Crippen MR) is 51.8 cm³/mol. The molecule has 2 heterocycles. The van der Waals surface area contributed by atoms with Gasteiger partial charge in [0, 0.05) is 37.2 Å². The van der Waals surface area contributed by atoms with Crippen molar-refractivity contribution in [3.05, 3.63) is 16.6 Å². The quantitative estimate of drug-likeness (QED) is 0.763. The van der Waals surface area contributed by atoms with Gasteiger partial charge in [-0.2, -0.15) is 0 Å². The van der Waals surface area contributed by atoms with Crippen molar-refractivity contribution in [3.8, 4) is 0 Å². The Bertz CT molecular complexity index is 284. The Morgan fingerprint density at radius 3 is 3.31 bits per heavy atom. The number of nitrogens with one attached hydrogen (secondary N) is 1. The van der Waals surface area contributed by atoms with Gasteiger partial charge < -0.3 is 5.32 Å².